The molecule has 0 N–H and O–H groups in total. The Labute approximate surface area is 106 Å². The number of para-hydroxylation sites is 1. The summed E-state index contributed by atoms with van der Waals surface area (Å²) in [4.78, 5) is 36.5. The van der Waals surface area contributed by atoms with Gasteiger partial charge in [-0.05, 0) is 25.5 Å². The van der Waals surface area contributed by atoms with Crippen molar-refractivity contribution in [2.45, 2.75) is 32.7 Å². The lowest BCUT2D eigenvalue weighted by Gasteiger charge is -2.22. The summed E-state index contributed by atoms with van der Waals surface area (Å²) >= 11 is 0. The van der Waals surface area contributed by atoms with Gasteiger partial charge in [0.2, 0.25) is 5.91 Å². The van der Waals surface area contributed by atoms with Gasteiger partial charge in [-0.3, -0.25) is 9.59 Å². The molecule has 4 nitrogen and oxygen atoms in total. The lowest BCUT2D eigenvalue weighted by atomic mass is 10.0. The van der Waals surface area contributed by atoms with Crippen LogP contribution >= 0.6 is 0 Å². The van der Waals surface area contributed by atoms with E-state index in [1.165, 1.54) is 18.7 Å². The molecule has 18 heavy (non-hydrogen) atoms. The number of benzene rings is 1. The van der Waals surface area contributed by atoms with E-state index in [4.69, 9.17) is 0 Å². The number of Topliss-reactive ketones (excluding diaryl/α,β-unsaturated/α-hetero) is 2. The van der Waals surface area contributed by atoms with Gasteiger partial charge in [0.25, 0.3) is 0 Å². The van der Waals surface area contributed by atoms with Gasteiger partial charge in [0.05, 0.1) is 5.69 Å². The van der Waals surface area contributed by atoms with Crippen molar-refractivity contribution in [3.8, 4) is 0 Å². The molecule has 94 valence electrons. The van der Waals surface area contributed by atoms with Crippen LogP contribution in [-0.2, 0) is 9.59 Å². The van der Waals surface area contributed by atoms with Crippen LogP contribution in [0.2, 0.25) is 0 Å². The van der Waals surface area contributed by atoms with Gasteiger partial charge in [0, 0.05) is 18.9 Å². The van der Waals surface area contributed by atoms with Crippen molar-refractivity contribution in [3.63, 3.8) is 0 Å². The standard InChI is InChI=1S/C14H15NO3/c1-9(16)7-8-13-14(18)11-5-3-4-6-12(11)15(13)10(2)17/h3-6,13H,7-8H2,1-2H3. The molecule has 0 saturated carbocycles. The Morgan fingerprint density at radius 2 is 1.89 bits per heavy atom. The molecule has 0 bridgehead atoms. The van der Waals surface area contributed by atoms with E-state index in [2.05, 4.69) is 0 Å². The van der Waals surface area contributed by atoms with Crippen LogP contribution in [0.3, 0.4) is 0 Å². The molecule has 4 heteroatoms. The first-order valence-electron chi connectivity index (χ1n) is 5.95. The fraction of sp³-hybridized carbons (Fsp3) is 0.357. The molecule has 1 aliphatic rings. The number of rotatable bonds is 3. The highest BCUT2D eigenvalue weighted by molar-refractivity contribution is 6.17. The van der Waals surface area contributed by atoms with Crippen LogP contribution in [-0.4, -0.2) is 23.5 Å². The second-order valence-corrected chi connectivity index (χ2v) is 4.53. The summed E-state index contributed by atoms with van der Waals surface area (Å²) in [6.45, 7) is 2.93. The van der Waals surface area contributed by atoms with E-state index in [1.807, 2.05) is 0 Å². The molecule has 0 aromatic heterocycles. The zero-order valence-electron chi connectivity index (χ0n) is 10.5. The molecule has 1 atom stereocenters. The van der Waals surface area contributed by atoms with Gasteiger partial charge < -0.3 is 9.69 Å². The number of carbonyl (C=O) groups excluding carboxylic acids is 3. The van der Waals surface area contributed by atoms with E-state index < -0.39 is 6.04 Å². The van der Waals surface area contributed by atoms with Crippen LogP contribution in [0, 0.1) is 0 Å². The summed E-state index contributed by atoms with van der Waals surface area (Å²) in [6.07, 6.45) is 0.705. The number of anilines is 1. The Hall–Kier alpha value is -1.97. The third-order valence-electron chi connectivity index (χ3n) is 3.15. The molecule has 1 aromatic carbocycles. The average Bonchev–Trinajstić information content (AvgIpc) is 2.60. The fourth-order valence-electron chi connectivity index (χ4n) is 2.35. The molecular formula is C14H15NO3. The normalized spacial score (nSPS) is 17.8. The maximum Gasteiger partial charge on any atom is 0.224 e. The van der Waals surface area contributed by atoms with Gasteiger partial charge >= 0.3 is 0 Å². The molecule has 0 saturated heterocycles. The van der Waals surface area contributed by atoms with Crippen molar-refractivity contribution in [2.24, 2.45) is 0 Å². The largest absolute Gasteiger partial charge is 0.301 e. The van der Waals surface area contributed by atoms with Gasteiger partial charge in [-0.25, -0.2) is 0 Å². The lowest BCUT2D eigenvalue weighted by molar-refractivity contribution is -0.118. The van der Waals surface area contributed by atoms with Crippen molar-refractivity contribution in [1.82, 2.24) is 0 Å². The first kappa shape index (κ1) is 12.5. The highest BCUT2D eigenvalue weighted by atomic mass is 16.2. The summed E-state index contributed by atoms with van der Waals surface area (Å²) < 4.78 is 0. The number of carbonyl (C=O) groups is 3. The fourth-order valence-corrected chi connectivity index (χ4v) is 2.35. The number of amides is 1. The molecule has 1 aromatic rings. The number of fused-ring (bicyclic) bond motifs is 1. The summed E-state index contributed by atoms with van der Waals surface area (Å²) in [7, 11) is 0. The van der Waals surface area contributed by atoms with Crippen LogP contribution in [0.25, 0.3) is 0 Å². The third-order valence-corrected chi connectivity index (χ3v) is 3.15. The van der Waals surface area contributed by atoms with Gasteiger partial charge in [0.15, 0.2) is 5.78 Å². The molecule has 0 spiro atoms. The monoisotopic (exact) mass is 245 g/mol. The van der Waals surface area contributed by atoms with E-state index >= 15 is 0 Å². The van der Waals surface area contributed by atoms with Crippen LogP contribution in [0.1, 0.15) is 37.0 Å². The predicted molar refractivity (Wildman–Crippen MR) is 67.6 cm³/mol. The van der Waals surface area contributed by atoms with Crippen molar-refractivity contribution in [1.29, 1.82) is 0 Å². The third kappa shape index (κ3) is 2.06. The van der Waals surface area contributed by atoms with Crippen LogP contribution in [0.15, 0.2) is 24.3 Å². The molecule has 1 heterocycles. The molecular weight excluding hydrogens is 230 g/mol. The first-order chi connectivity index (χ1) is 8.52. The summed E-state index contributed by atoms with van der Waals surface area (Å²) in [5.41, 5.74) is 1.23. The van der Waals surface area contributed by atoms with E-state index in [-0.39, 0.29) is 17.5 Å². The van der Waals surface area contributed by atoms with Crippen molar-refractivity contribution < 1.29 is 14.4 Å². The van der Waals surface area contributed by atoms with Crippen LogP contribution in [0.4, 0.5) is 5.69 Å². The number of hydrogen-bond acceptors (Lipinski definition) is 3. The highest BCUT2D eigenvalue weighted by Crippen LogP contribution is 2.33. The molecule has 0 aliphatic carbocycles. The Morgan fingerprint density at radius 1 is 1.22 bits per heavy atom. The first-order valence-corrected chi connectivity index (χ1v) is 5.95. The Kier molecular flexibility index (Phi) is 3.28. The smallest absolute Gasteiger partial charge is 0.224 e. The minimum absolute atomic E-state index is 0.0299. The summed E-state index contributed by atoms with van der Waals surface area (Å²) in [6, 6.07) is 6.55. The summed E-state index contributed by atoms with van der Waals surface area (Å²) in [5.74, 6) is -0.203. The number of hydrogen-bond donors (Lipinski definition) is 0. The van der Waals surface area contributed by atoms with Crippen molar-refractivity contribution >= 4 is 23.2 Å². The van der Waals surface area contributed by atoms with Crippen molar-refractivity contribution in [3.05, 3.63) is 29.8 Å². The molecule has 0 fully saturated rings. The van der Waals surface area contributed by atoms with Crippen LogP contribution < -0.4 is 4.90 Å². The predicted octanol–water partition coefficient (Wildman–Crippen LogP) is 1.97. The molecule has 1 unspecified atom stereocenters. The van der Waals surface area contributed by atoms with Gasteiger partial charge in [0.1, 0.15) is 11.8 Å². The van der Waals surface area contributed by atoms with E-state index in [1.54, 1.807) is 24.3 Å². The van der Waals surface area contributed by atoms with Gasteiger partial charge in [-0.2, -0.15) is 0 Å². The SMILES string of the molecule is CC(=O)CCC1C(=O)c2ccccc2N1C(C)=O. The highest BCUT2D eigenvalue weighted by Gasteiger charge is 2.38. The molecule has 1 amide bonds. The Balaban J connectivity index is 2.34. The van der Waals surface area contributed by atoms with E-state index in [9.17, 15) is 14.4 Å². The average molecular weight is 245 g/mol. The molecule has 2 rings (SSSR count). The minimum atomic E-state index is -0.524. The second kappa shape index (κ2) is 4.72. The quantitative estimate of drug-likeness (QED) is 0.818. The van der Waals surface area contributed by atoms with Crippen LogP contribution in [0.5, 0.6) is 0 Å². The maximum atomic E-state index is 12.2. The number of ketones is 2. The van der Waals surface area contributed by atoms with E-state index in [0.29, 0.717) is 24.1 Å². The lowest BCUT2D eigenvalue weighted by Crippen LogP contribution is -2.39. The Bertz CT molecular complexity index is 522. The van der Waals surface area contributed by atoms with Gasteiger partial charge in [-0.15, -0.1) is 0 Å². The van der Waals surface area contributed by atoms with Crippen molar-refractivity contribution in [2.75, 3.05) is 4.90 Å². The maximum absolute atomic E-state index is 12.2. The molecule has 1 aliphatic heterocycles. The summed E-state index contributed by atoms with van der Waals surface area (Å²) in [5, 5.41) is 0. The van der Waals surface area contributed by atoms with Gasteiger partial charge in [-0.1, -0.05) is 12.1 Å². The second-order valence-electron chi connectivity index (χ2n) is 4.53. The topological polar surface area (TPSA) is 54.5 Å². The van der Waals surface area contributed by atoms with E-state index in [0.717, 1.165) is 0 Å². The number of nitrogens with zero attached hydrogens (tertiary/aromatic N) is 1. The molecule has 0 radical (unpaired) electrons. The zero-order chi connectivity index (χ0) is 13.3. The Morgan fingerprint density at radius 3 is 2.50 bits per heavy atom. The zero-order valence-corrected chi connectivity index (χ0v) is 10.5. The minimum Gasteiger partial charge on any atom is -0.301 e.